The third-order valence-corrected chi connectivity index (χ3v) is 4.35. The Balaban J connectivity index is 1.68. The van der Waals surface area contributed by atoms with Crippen molar-refractivity contribution in [3.63, 3.8) is 0 Å². The van der Waals surface area contributed by atoms with E-state index in [4.69, 9.17) is 0 Å². The second-order valence-electron chi connectivity index (χ2n) is 6.35. The summed E-state index contributed by atoms with van der Waals surface area (Å²) in [5, 5.41) is 4.33. The maximum absolute atomic E-state index is 13.0. The van der Waals surface area contributed by atoms with Gasteiger partial charge in [0.1, 0.15) is 11.6 Å². The van der Waals surface area contributed by atoms with Crippen molar-refractivity contribution in [3.8, 4) is 5.69 Å². The molecule has 0 N–H and O–H groups in total. The molecule has 0 radical (unpaired) electrons. The minimum absolute atomic E-state index is 0.0419. The van der Waals surface area contributed by atoms with Crippen LogP contribution in [0.2, 0.25) is 0 Å². The van der Waals surface area contributed by atoms with Crippen molar-refractivity contribution in [1.82, 2.24) is 19.7 Å². The Morgan fingerprint density at radius 2 is 1.85 bits per heavy atom. The van der Waals surface area contributed by atoms with Gasteiger partial charge in [-0.2, -0.15) is 5.10 Å². The number of carbonyl (C=O) groups is 1. The molecule has 0 bridgehead atoms. The lowest BCUT2D eigenvalue weighted by Crippen LogP contribution is -2.26. The standard InChI is InChI=1S/C20H22FN5O/c1-4-24(2)20(27)16-5-10-19(22-12-16)25(3)13-15-11-23-26(14-15)18-8-6-17(21)7-9-18/h5-12,14H,4,13H2,1-3H3. The fourth-order valence-corrected chi connectivity index (χ4v) is 2.63. The Morgan fingerprint density at radius 1 is 1.11 bits per heavy atom. The van der Waals surface area contributed by atoms with Gasteiger partial charge in [0, 0.05) is 45.1 Å². The van der Waals surface area contributed by atoms with Crippen LogP contribution in [0.15, 0.2) is 55.0 Å². The van der Waals surface area contributed by atoms with E-state index in [2.05, 4.69) is 10.1 Å². The van der Waals surface area contributed by atoms with Crippen LogP contribution in [0.4, 0.5) is 10.2 Å². The number of rotatable bonds is 6. The first-order valence-electron chi connectivity index (χ1n) is 8.70. The van der Waals surface area contributed by atoms with E-state index in [1.165, 1.54) is 12.1 Å². The van der Waals surface area contributed by atoms with Crippen LogP contribution >= 0.6 is 0 Å². The number of amides is 1. The van der Waals surface area contributed by atoms with Gasteiger partial charge in [0.05, 0.1) is 17.4 Å². The molecule has 7 heteroatoms. The van der Waals surface area contributed by atoms with Crippen molar-refractivity contribution in [2.24, 2.45) is 0 Å². The largest absolute Gasteiger partial charge is 0.355 e. The number of halogens is 1. The number of hydrogen-bond acceptors (Lipinski definition) is 4. The van der Waals surface area contributed by atoms with Crippen molar-refractivity contribution in [2.75, 3.05) is 25.5 Å². The molecule has 2 aromatic heterocycles. The predicted molar refractivity (Wildman–Crippen MR) is 103 cm³/mol. The van der Waals surface area contributed by atoms with Crippen LogP contribution in [0.5, 0.6) is 0 Å². The minimum atomic E-state index is -0.274. The molecule has 0 spiro atoms. The second-order valence-corrected chi connectivity index (χ2v) is 6.35. The van der Waals surface area contributed by atoms with Gasteiger partial charge in [0.15, 0.2) is 0 Å². The number of aromatic nitrogens is 3. The van der Waals surface area contributed by atoms with Gasteiger partial charge in [-0.1, -0.05) is 0 Å². The summed E-state index contributed by atoms with van der Waals surface area (Å²) in [6.07, 6.45) is 5.27. The van der Waals surface area contributed by atoms with E-state index in [0.717, 1.165) is 17.1 Å². The normalized spacial score (nSPS) is 10.7. The Bertz CT molecular complexity index is 905. The summed E-state index contributed by atoms with van der Waals surface area (Å²) in [6, 6.07) is 9.80. The van der Waals surface area contributed by atoms with Gasteiger partial charge >= 0.3 is 0 Å². The van der Waals surface area contributed by atoms with Gasteiger partial charge in [0.25, 0.3) is 5.91 Å². The van der Waals surface area contributed by atoms with Crippen LogP contribution in [-0.2, 0) is 6.54 Å². The number of anilines is 1. The van der Waals surface area contributed by atoms with Crippen LogP contribution < -0.4 is 4.90 Å². The van der Waals surface area contributed by atoms with Crippen molar-refractivity contribution < 1.29 is 9.18 Å². The molecule has 0 fully saturated rings. The summed E-state index contributed by atoms with van der Waals surface area (Å²) >= 11 is 0. The summed E-state index contributed by atoms with van der Waals surface area (Å²) in [6.45, 7) is 3.19. The average Bonchev–Trinajstić information content (AvgIpc) is 3.15. The van der Waals surface area contributed by atoms with Crippen molar-refractivity contribution in [2.45, 2.75) is 13.5 Å². The topological polar surface area (TPSA) is 54.3 Å². The molecule has 27 heavy (non-hydrogen) atoms. The highest BCUT2D eigenvalue weighted by Gasteiger charge is 2.12. The van der Waals surface area contributed by atoms with E-state index in [1.807, 2.05) is 31.1 Å². The minimum Gasteiger partial charge on any atom is -0.355 e. The van der Waals surface area contributed by atoms with Gasteiger partial charge in [-0.15, -0.1) is 0 Å². The van der Waals surface area contributed by atoms with Crippen molar-refractivity contribution in [3.05, 3.63) is 71.9 Å². The number of carbonyl (C=O) groups excluding carboxylic acids is 1. The Hall–Kier alpha value is -3.22. The molecule has 1 amide bonds. The lowest BCUT2D eigenvalue weighted by molar-refractivity contribution is 0.0802. The summed E-state index contributed by atoms with van der Waals surface area (Å²) in [4.78, 5) is 20.2. The Labute approximate surface area is 157 Å². The maximum Gasteiger partial charge on any atom is 0.255 e. The van der Waals surface area contributed by atoms with E-state index in [1.54, 1.807) is 47.2 Å². The first kappa shape index (κ1) is 18.6. The van der Waals surface area contributed by atoms with Gasteiger partial charge in [0.2, 0.25) is 0 Å². The molecule has 0 aliphatic heterocycles. The summed E-state index contributed by atoms with van der Waals surface area (Å²) < 4.78 is 14.7. The summed E-state index contributed by atoms with van der Waals surface area (Å²) in [5.74, 6) is 0.448. The highest BCUT2D eigenvalue weighted by Crippen LogP contribution is 2.15. The monoisotopic (exact) mass is 367 g/mol. The van der Waals surface area contributed by atoms with Crippen LogP contribution in [-0.4, -0.2) is 46.2 Å². The highest BCUT2D eigenvalue weighted by molar-refractivity contribution is 5.93. The highest BCUT2D eigenvalue weighted by atomic mass is 19.1. The molecule has 3 aromatic rings. The molecule has 2 heterocycles. The molecule has 0 unspecified atom stereocenters. The summed E-state index contributed by atoms with van der Waals surface area (Å²) in [7, 11) is 3.69. The number of benzene rings is 1. The number of hydrogen-bond donors (Lipinski definition) is 0. The fraction of sp³-hybridized carbons (Fsp3) is 0.250. The third kappa shape index (κ3) is 4.31. The molecule has 3 rings (SSSR count). The van der Waals surface area contributed by atoms with Crippen LogP contribution in [0.25, 0.3) is 5.69 Å². The molecule has 0 aliphatic rings. The zero-order valence-corrected chi connectivity index (χ0v) is 15.6. The molecule has 0 aliphatic carbocycles. The molecule has 0 saturated heterocycles. The molecule has 140 valence electrons. The van der Waals surface area contributed by atoms with Gasteiger partial charge < -0.3 is 9.80 Å². The number of pyridine rings is 1. The van der Waals surface area contributed by atoms with E-state index in [9.17, 15) is 9.18 Å². The van der Waals surface area contributed by atoms with Gasteiger partial charge in [-0.3, -0.25) is 4.79 Å². The zero-order chi connectivity index (χ0) is 19.4. The maximum atomic E-state index is 13.0. The molecule has 0 atom stereocenters. The lowest BCUT2D eigenvalue weighted by Gasteiger charge is -2.18. The molecule has 6 nitrogen and oxygen atoms in total. The second kappa shape index (κ2) is 7.99. The zero-order valence-electron chi connectivity index (χ0n) is 15.6. The number of nitrogens with zero attached hydrogens (tertiary/aromatic N) is 5. The quantitative estimate of drug-likeness (QED) is 0.672. The smallest absolute Gasteiger partial charge is 0.255 e. The molecular weight excluding hydrogens is 345 g/mol. The molecule has 0 saturated carbocycles. The average molecular weight is 367 g/mol. The Morgan fingerprint density at radius 3 is 2.48 bits per heavy atom. The van der Waals surface area contributed by atoms with Crippen LogP contribution in [0, 0.1) is 5.82 Å². The first-order valence-corrected chi connectivity index (χ1v) is 8.70. The SMILES string of the molecule is CCN(C)C(=O)c1ccc(N(C)Cc2cnn(-c3ccc(F)cc3)c2)nc1. The van der Waals surface area contributed by atoms with E-state index >= 15 is 0 Å². The molecular formula is C20H22FN5O. The van der Waals surface area contributed by atoms with Gasteiger partial charge in [-0.05, 0) is 43.3 Å². The first-order chi connectivity index (χ1) is 13.0. The van der Waals surface area contributed by atoms with E-state index in [-0.39, 0.29) is 11.7 Å². The summed E-state index contributed by atoms with van der Waals surface area (Å²) in [5.41, 5.74) is 2.36. The molecule has 1 aromatic carbocycles. The predicted octanol–water partition coefficient (Wildman–Crippen LogP) is 3.13. The Kier molecular flexibility index (Phi) is 5.49. The van der Waals surface area contributed by atoms with Crippen LogP contribution in [0.3, 0.4) is 0 Å². The van der Waals surface area contributed by atoms with Gasteiger partial charge in [-0.25, -0.2) is 14.1 Å². The fourth-order valence-electron chi connectivity index (χ4n) is 2.63. The lowest BCUT2D eigenvalue weighted by atomic mass is 10.2. The third-order valence-electron chi connectivity index (χ3n) is 4.35. The van der Waals surface area contributed by atoms with E-state index < -0.39 is 0 Å². The van der Waals surface area contributed by atoms with Crippen LogP contribution in [0.1, 0.15) is 22.8 Å². The van der Waals surface area contributed by atoms with Crippen molar-refractivity contribution >= 4 is 11.7 Å². The van der Waals surface area contributed by atoms with E-state index in [0.29, 0.717) is 18.7 Å². The van der Waals surface area contributed by atoms with Crippen molar-refractivity contribution in [1.29, 1.82) is 0 Å².